The van der Waals surface area contributed by atoms with Crippen molar-refractivity contribution < 1.29 is 4.79 Å². The summed E-state index contributed by atoms with van der Waals surface area (Å²) in [5, 5.41) is 3.36. The summed E-state index contributed by atoms with van der Waals surface area (Å²) in [4.78, 5) is 12.9. The first-order chi connectivity index (χ1) is 8.95. The Labute approximate surface area is 116 Å². The van der Waals surface area contributed by atoms with Crippen molar-refractivity contribution in [3.05, 3.63) is 18.2 Å². The average Bonchev–Trinajstić information content (AvgIpc) is 2.36. The van der Waals surface area contributed by atoms with Crippen LogP contribution in [0, 0.1) is 5.92 Å². The molecule has 0 heterocycles. The second-order valence-electron chi connectivity index (χ2n) is 5.12. The van der Waals surface area contributed by atoms with Gasteiger partial charge in [-0.3, -0.25) is 4.79 Å². The molecule has 3 N–H and O–H groups in total. The monoisotopic (exact) mass is 263 g/mol. The van der Waals surface area contributed by atoms with Crippen molar-refractivity contribution in [3.8, 4) is 0 Å². The Morgan fingerprint density at radius 2 is 2.16 bits per heavy atom. The fourth-order valence-electron chi connectivity index (χ4n) is 1.98. The quantitative estimate of drug-likeness (QED) is 0.775. The molecule has 1 aromatic carbocycles. The van der Waals surface area contributed by atoms with E-state index in [2.05, 4.69) is 19.2 Å². The molecule has 1 aromatic rings. The first-order valence-electron chi connectivity index (χ1n) is 6.83. The Kier molecular flexibility index (Phi) is 5.67. The van der Waals surface area contributed by atoms with Crippen LogP contribution in [0.4, 0.5) is 17.1 Å². The number of nitrogens with one attached hydrogen (secondary N) is 1. The number of carbonyl (C=O) groups is 1. The third kappa shape index (κ3) is 4.47. The highest BCUT2D eigenvalue weighted by Gasteiger charge is 2.08. The van der Waals surface area contributed by atoms with E-state index >= 15 is 0 Å². The van der Waals surface area contributed by atoms with Crippen LogP contribution in [0.2, 0.25) is 0 Å². The standard InChI is InChI=1S/C15H25N3O/c1-5-6-11(2)10-17-15-8-7-13(9-14(15)16)18(4)12(3)19/h7-9,11,17H,5-6,10,16H2,1-4H3. The Balaban J connectivity index is 2.69. The Morgan fingerprint density at radius 3 is 2.68 bits per heavy atom. The Hall–Kier alpha value is -1.71. The minimum Gasteiger partial charge on any atom is -0.397 e. The zero-order valence-electron chi connectivity index (χ0n) is 12.4. The summed E-state index contributed by atoms with van der Waals surface area (Å²) in [6.45, 7) is 6.87. The molecule has 0 aliphatic carbocycles. The van der Waals surface area contributed by atoms with Gasteiger partial charge in [0.2, 0.25) is 5.91 Å². The van der Waals surface area contributed by atoms with E-state index in [4.69, 9.17) is 5.73 Å². The molecule has 0 saturated heterocycles. The number of benzene rings is 1. The van der Waals surface area contributed by atoms with Crippen LogP contribution in [0.15, 0.2) is 18.2 Å². The molecule has 4 heteroatoms. The molecular formula is C15H25N3O. The van der Waals surface area contributed by atoms with Gasteiger partial charge in [-0.25, -0.2) is 0 Å². The van der Waals surface area contributed by atoms with E-state index in [-0.39, 0.29) is 5.91 Å². The number of anilines is 3. The maximum Gasteiger partial charge on any atom is 0.223 e. The number of hydrogen-bond donors (Lipinski definition) is 2. The number of nitrogens with zero attached hydrogens (tertiary/aromatic N) is 1. The van der Waals surface area contributed by atoms with Crippen molar-refractivity contribution in [1.82, 2.24) is 0 Å². The fourth-order valence-corrected chi connectivity index (χ4v) is 1.98. The summed E-state index contributed by atoms with van der Waals surface area (Å²) in [5.41, 5.74) is 8.45. The van der Waals surface area contributed by atoms with Gasteiger partial charge in [-0.15, -0.1) is 0 Å². The van der Waals surface area contributed by atoms with E-state index in [1.54, 1.807) is 11.9 Å². The first-order valence-corrected chi connectivity index (χ1v) is 6.83. The van der Waals surface area contributed by atoms with Gasteiger partial charge in [0.25, 0.3) is 0 Å². The number of rotatable bonds is 6. The molecule has 1 unspecified atom stereocenters. The van der Waals surface area contributed by atoms with Gasteiger partial charge >= 0.3 is 0 Å². The molecule has 0 fully saturated rings. The SMILES string of the molecule is CCCC(C)CNc1ccc(N(C)C(C)=O)cc1N. The van der Waals surface area contributed by atoms with Crippen LogP contribution >= 0.6 is 0 Å². The van der Waals surface area contributed by atoms with Gasteiger partial charge in [-0.2, -0.15) is 0 Å². The molecular weight excluding hydrogens is 238 g/mol. The molecule has 0 saturated carbocycles. The highest BCUT2D eigenvalue weighted by atomic mass is 16.2. The fraction of sp³-hybridized carbons (Fsp3) is 0.533. The minimum absolute atomic E-state index is 0.00308. The third-order valence-corrected chi connectivity index (χ3v) is 3.32. The van der Waals surface area contributed by atoms with Gasteiger partial charge in [0.15, 0.2) is 0 Å². The summed E-state index contributed by atoms with van der Waals surface area (Å²) in [6.07, 6.45) is 2.40. The maximum absolute atomic E-state index is 11.3. The molecule has 0 aromatic heterocycles. The van der Waals surface area contributed by atoms with Crippen LogP contribution in [0.1, 0.15) is 33.6 Å². The summed E-state index contributed by atoms with van der Waals surface area (Å²) in [6, 6.07) is 5.67. The second-order valence-corrected chi connectivity index (χ2v) is 5.12. The van der Waals surface area contributed by atoms with Gasteiger partial charge < -0.3 is 16.0 Å². The lowest BCUT2D eigenvalue weighted by atomic mass is 10.1. The highest BCUT2D eigenvalue weighted by molar-refractivity contribution is 5.92. The van der Waals surface area contributed by atoms with Crippen molar-refractivity contribution in [2.75, 3.05) is 29.5 Å². The van der Waals surface area contributed by atoms with E-state index in [1.807, 2.05) is 18.2 Å². The molecule has 0 bridgehead atoms. The smallest absolute Gasteiger partial charge is 0.223 e. The molecule has 1 rings (SSSR count). The van der Waals surface area contributed by atoms with Crippen molar-refractivity contribution in [1.29, 1.82) is 0 Å². The number of amides is 1. The lowest BCUT2D eigenvalue weighted by molar-refractivity contribution is -0.116. The van der Waals surface area contributed by atoms with Gasteiger partial charge in [0, 0.05) is 26.2 Å². The Bertz CT molecular complexity index is 431. The number of nitrogens with two attached hydrogens (primary N) is 1. The van der Waals surface area contributed by atoms with Crippen molar-refractivity contribution in [2.45, 2.75) is 33.6 Å². The van der Waals surface area contributed by atoms with Crippen LogP contribution in [0.5, 0.6) is 0 Å². The molecule has 4 nitrogen and oxygen atoms in total. The molecule has 19 heavy (non-hydrogen) atoms. The molecule has 1 amide bonds. The van der Waals surface area contributed by atoms with Crippen molar-refractivity contribution >= 4 is 23.0 Å². The lowest BCUT2D eigenvalue weighted by Crippen LogP contribution is -2.23. The molecule has 0 spiro atoms. The van der Waals surface area contributed by atoms with Gasteiger partial charge in [-0.05, 0) is 30.5 Å². The number of nitrogen functional groups attached to an aromatic ring is 1. The van der Waals surface area contributed by atoms with Crippen LogP contribution in [-0.2, 0) is 4.79 Å². The van der Waals surface area contributed by atoms with Crippen LogP contribution in [0.3, 0.4) is 0 Å². The topological polar surface area (TPSA) is 58.4 Å². The first kappa shape index (κ1) is 15.3. The van der Waals surface area contributed by atoms with E-state index in [1.165, 1.54) is 19.8 Å². The Morgan fingerprint density at radius 1 is 1.47 bits per heavy atom. The molecule has 1 atom stereocenters. The summed E-state index contributed by atoms with van der Waals surface area (Å²) in [5.74, 6) is 0.626. The summed E-state index contributed by atoms with van der Waals surface area (Å²) >= 11 is 0. The summed E-state index contributed by atoms with van der Waals surface area (Å²) < 4.78 is 0. The van der Waals surface area contributed by atoms with Crippen molar-refractivity contribution in [2.24, 2.45) is 5.92 Å². The minimum atomic E-state index is -0.00308. The van der Waals surface area contributed by atoms with Crippen molar-refractivity contribution in [3.63, 3.8) is 0 Å². The zero-order chi connectivity index (χ0) is 14.4. The van der Waals surface area contributed by atoms with E-state index in [0.717, 1.165) is 17.9 Å². The van der Waals surface area contributed by atoms with Gasteiger partial charge in [0.05, 0.1) is 11.4 Å². The normalized spacial score (nSPS) is 12.0. The van der Waals surface area contributed by atoms with Crippen LogP contribution in [-0.4, -0.2) is 19.5 Å². The zero-order valence-corrected chi connectivity index (χ0v) is 12.4. The van der Waals surface area contributed by atoms with E-state index in [9.17, 15) is 4.79 Å². The van der Waals surface area contributed by atoms with E-state index in [0.29, 0.717) is 11.6 Å². The number of carbonyl (C=O) groups excluding carboxylic acids is 1. The molecule has 0 aliphatic rings. The molecule has 0 aliphatic heterocycles. The van der Waals surface area contributed by atoms with Crippen LogP contribution in [0.25, 0.3) is 0 Å². The van der Waals surface area contributed by atoms with Gasteiger partial charge in [-0.1, -0.05) is 20.3 Å². The predicted molar refractivity (Wildman–Crippen MR) is 82.5 cm³/mol. The largest absolute Gasteiger partial charge is 0.397 e. The average molecular weight is 263 g/mol. The lowest BCUT2D eigenvalue weighted by Gasteiger charge is -2.18. The highest BCUT2D eigenvalue weighted by Crippen LogP contribution is 2.25. The summed E-state index contributed by atoms with van der Waals surface area (Å²) in [7, 11) is 1.74. The predicted octanol–water partition coefficient (Wildman–Crippen LogP) is 3.10. The second kappa shape index (κ2) is 7.02. The third-order valence-electron chi connectivity index (χ3n) is 3.32. The number of hydrogen-bond acceptors (Lipinski definition) is 3. The molecule has 0 radical (unpaired) electrons. The maximum atomic E-state index is 11.3. The van der Waals surface area contributed by atoms with E-state index < -0.39 is 0 Å². The van der Waals surface area contributed by atoms with Gasteiger partial charge in [0.1, 0.15) is 0 Å². The van der Waals surface area contributed by atoms with Crippen LogP contribution < -0.4 is 16.0 Å². The molecule has 106 valence electrons.